The number of aromatic carboxylic acids is 1. The molecule has 1 aromatic carbocycles. The van der Waals surface area contributed by atoms with E-state index in [1.165, 1.54) is 6.07 Å². The molecule has 3 rings (SSSR count). The Balaban J connectivity index is 2.12. The Hall–Kier alpha value is -2.21. The van der Waals surface area contributed by atoms with E-state index in [-0.39, 0.29) is 5.69 Å². The van der Waals surface area contributed by atoms with E-state index in [4.69, 9.17) is 30.7 Å². The fourth-order valence-electron chi connectivity index (χ4n) is 2.18. The Kier molecular flexibility index (Phi) is 3.47. The average molecular weight is 310 g/mol. The van der Waals surface area contributed by atoms with Crippen LogP contribution < -0.4 is 9.47 Å². The number of hydrogen-bond acceptors (Lipinski definition) is 5. The quantitative estimate of drug-likeness (QED) is 0.917. The van der Waals surface area contributed by atoms with E-state index < -0.39 is 5.97 Å². The van der Waals surface area contributed by atoms with Gasteiger partial charge in [-0.1, -0.05) is 16.8 Å². The smallest absolute Gasteiger partial charge is 0.358 e. The summed E-state index contributed by atoms with van der Waals surface area (Å²) in [7, 11) is 0. The molecule has 7 heteroatoms. The van der Waals surface area contributed by atoms with Gasteiger partial charge in [0.1, 0.15) is 0 Å². The topological polar surface area (TPSA) is 81.8 Å². The molecule has 0 spiro atoms. The van der Waals surface area contributed by atoms with E-state index in [9.17, 15) is 4.79 Å². The number of nitrogens with zero attached hydrogens (tertiary/aromatic N) is 1. The van der Waals surface area contributed by atoms with Gasteiger partial charge in [0.15, 0.2) is 23.0 Å². The fraction of sp³-hybridized carbons (Fsp3) is 0.286. The van der Waals surface area contributed by atoms with Crippen molar-refractivity contribution in [2.75, 3.05) is 13.2 Å². The maximum Gasteiger partial charge on any atom is 0.358 e. The average Bonchev–Trinajstić information content (AvgIpc) is 2.80. The molecule has 6 nitrogen and oxygen atoms in total. The first-order valence-corrected chi connectivity index (χ1v) is 6.75. The Bertz CT molecular complexity index is 710. The van der Waals surface area contributed by atoms with Crippen LogP contribution in [0.4, 0.5) is 0 Å². The van der Waals surface area contributed by atoms with E-state index in [1.807, 2.05) is 6.92 Å². The van der Waals surface area contributed by atoms with Gasteiger partial charge < -0.3 is 19.1 Å². The standard InChI is InChI=1S/C14H12ClNO5/c1-7-8(11-6-10(14(17)18)16-21-11)5-9(15)13-12(7)19-3-2-4-20-13/h5-6H,2-4H2,1H3,(H,17,18). The molecule has 0 radical (unpaired) electrons. The summed E-state index contributed by atoms with van der Waals surface area (Å²) in [5.41, 5.74) is 1.24. The minimum atomic E-state index is -1.15. The monoisotopic (exact) mass is 309 g/mol. The third-order valence-electron chi connectivity index (χ3n) is 3.22. The van der Waals surface area contributed by atoms with Crippen LogP contribution in [0.15, 0.2) is 16.7 Å². The van der Waals surface area contributed by atoms with Gasteiger partial charge >= 0.3 is 5.97 Å². The Morgan fingerprint density at radius 3 is 2.67 bits per heavy atom. The molecular formula is C14H12ClNO5. The third kappa shape index (κ3) is 2.42. The van der Waals surface area contributed by atoms with Crippen molar-refractivity contribution in [3.05, 3.63) is 28.4 Å². The van der Waals surface area contributed by atoms with Crippen molar-refractivity contribution in [3.63, 3.8) is 0 Å². The summed E-state index contributed by atoms with van der Waals surface area (Å²) in [4.78, 5) is 10.9. The summed E-state index contributed by atoms with van der Waals surface area (Å²) in [6.07, 6.45) is 0.769. The van der Waals surface area contributed by atoms with Crippen LogP contribution in [0, 0.1) is 6.92 Å². The molecule has 1 aliphatic heterocycles. The van der Waals surface area contributed by atoms with Crippen molar-refractivity contribution in [1.82, 2.24) is 5.16 Å². The van der Waals surface area contributed by atoms with Gasteiger partial charge in [0.05, 0.1) is 18.2 Å². The Labute approximate surface area is 125 Å². The second-order valence-electron chi connectivity index (χ2n) is 4.62. The van der Waals surface area contributed by atoms with E-state index in [0.717, 1.165) is 12.0 Å². The van der Waals surface area contributed by atoms with Crippen LogP contribution in [0.2, 0.25) is 5.02 Å². The molecule has 0 atom stereocenters. The zero-order valence-electron chi connectivity index (χ0n) is 11.2. The molecule has 1 N–H and O–H groups in total. The number of carbonyl (C=O) groups is 1. The van der Waals surface area contributed by atoms with Gasteiger partial charge in [-0.25, -0.2) is 4.79 Å². The van der Waals surface area contributed by atoms with Crippen molar-refractivity contribution in [2.24, 2.45) is 0 Å². The number of ether oxygens (including phenoxy) is 2. The van der Waals surface area contributed by atoms with Gasteiger partial charge in [-0.05, 0) is 13.0 Å². The van der Waals surface area contributed by atoms with E-state index in [2.05, 4.69) is 5.16 Å². The first-order valence-electron chi connectivity index (χ1n) is 6.37. The number of rotatable bonds is 2. The summed E-state index contributed by atoms with van der Waals surface area (Å²) >= 11 is 6.23. The first-order chi connectivity index (χ1) is 10.1. The van der Waals surface area contributed by atoms with Crippen molar-refractivity contribution in [2.45, 2.75) is 13.3 Å². The van der Waals surface area contributed by atoms with Crippen molar-refractivity contribution in [1.29, 1.82) is 0 Å². The minimum absolute atomic E-state index is 0.160. The van der Waals surface area contributed by atoms with E-state index in [1.54, 1.807) is 6.07 Å². The molecule has 0 saturated carbocycles. The normalized spacial score (nSPS) is 13.8. The molecule has 0 amide bonds. The number of benzene rings is 1. The molecule has 2 heterocycles. The lowest BCUT2D eigenvalue weighted by Gasteiger charge is -2.14. The lowest BCUT2D eigenvalue weighted by molar-refractivity contribution is 0.0686. The molecule has 0 fully saturated rings. The zero-order chi connectivity index (χ0) is 15.0. The summed E-state index contributed by atoms with van der Waals surface area (Å²) < 4.78 is 16.4. The molecule has 0 saturated heterocycles. The van der Waals surface area contributed by atoms with Gasteiger partial charge in [-0.15, -0.1) is 0 Å². The molecule has 0 bridgehead atoms. The first kappa shape index (κ1) is 13.8. The predicted molar refractivity (Wildman–Crippen MR) is 74.3 cm³/mol. The molecule has 2 aromatic rings. The molecule has 0 unspecified atom stereocenters. The zero-order valence-corrected chi connectivity index (χ0v) is 11.9. The lowest BCUT2D eigenvalue weighted by Crippen LogP contribution is -1.98. The number of carboxylic acids is 1. The van der Waals surface area contributed by atoms with Crippen LogP contribution >= 0.6 is 11.6 Å². The highest BCUT2D eigenvalue weighted by molar-refractivity contribution is 6.32. The van der Waals surface area contributed by atoms with Gasteiger partial charge in [0, 0.05) is 23.6 Å². The summed E-state index contributed by atoms with van der Waals surface area (Å²) in [6.45, 7) is 2.91. The lowest BCUT2D eigenvalue weighted by atomic mass is 10.0. The highest BCUT2D eigenvalue weighted by atomic mass is 35.5. The molecule has 21 heavy (non-hydrogen) atoms. The Morgan fingerprint density at radius 1 is 1.29 bits per heavy atom. The van der Waals surface area contributed by atoms with Crippen LogP contribution in [-0.4, -0.2) is 29.4 Å². The number of aromatic nitrogens is 1. The van der Waals surface area contributed by atoms with Gasteiger partial charge in [0.2, 0.25) is 0 Å². The largest absolute Gasteiger partial charge is 0.489 e. The molecule has 0 aliphatic carbocycles. The molecular weight excluding hydrogens is 298 g/mol. The van der Waals surface area contributed by atoms with Gasteiger partial charge in [-0.3, -0.25) is 0 Å². The molecule has 1 aromatic heterocycles. The van der Waals surface area contributed by atoms with Crippen LogP contribution in [0.1, 0.15) is 22.5 Å². The van der Waals surface area contributed by atoms with Crippen LogP contribution in [0.3, 0.4) is 0 Å². The van der Waals surface area contributed by atoms with Gasteiger partial charge in [-0.2, -0.15) is 0 Å². The molecule has 1 aliphatic rings. The number of hydrogen-bond donors (Lipinski definition) is 1. The van der Waals surface area contributed by atoms with Crippen LogP contribution in [0.5, 0.6) is 11.5 Å². The minimum Gasteiger partial charge on any atom is -0.489 e. The van der Waals surface area contributed by atoms with E-state index in [0.29, 0.717) is 41.1 Å². The SMILES string of the molecule is Cc1c(-c2cc(C(=O)O)no2)cc(Cl)c2c1OCCCO2. The second kappa shape index (κ2) is 5.29. The second-order valence-corrected chi connectivity index (χ2v) is 5.03. The summed E-state index contributed by atoms with van der Waals surface area (Å²) in [5, 5.41) is 12.8. The van der Waals surface area contributed by atoms with Crippen molar-refractivity contribution < 1.29 is 23.9 Å². The highest BCUT2D eigenvalue weighted by Crippen LogP contribution is 2.44. The van der Waals surface area contributed by atoms with Crippen molar-refractivity contribution in [3.8, 4) is 22.8 Å². The number of fused-ring (bicyclic) bond motifs is 1. The Morgan fingerprint density at radius 2 is 2.00 bits per heavy atom. The highest BCUT2D eigenvalue weighted by Gasteiger charge is 2.23. The summed E-state index contributed by atoms with van der Waals surface area (Å²) in [5.74, 6) is 0.238. The summed E-state index contributed by atoms with van der Waals surface area (Å²) in [6, 6.07) is 3.02. The fourth-order valence-corrected chi connectivity index (χ4v) is 2.43. The van der Waals surface area contributed by atoms with Crippen molar-refractivity contribution >= 4 is 17.6 Å². The van der Waals surface area contributed by atoms with Crippen LogP contribution in [0.25, 0.3) is 11.3 Å². The molecule has 110 valence electrons. The van der Waals surface area contributed by atoms with Crippen LogP contribution in [-0.2, 0) is 0 Å². The third-order valence-corrected chi connectivity index (χ3v) is 3.50. The van der Waals surface area contributed by atoms with Gasteiger partial charge in [0.25, 0.3) is 0 Å². The maximum absolute atomic E-state index is 10.9. The predicted octanol–water partition coefficient (Wildman–Crippen LogP) is 3.16. The van der Waals surface area contributed by atoms with E-state index >= 15 is 0 Å². The maximum atomic E-state index is 10.9. The number of carboxylic acid groups (broad SMARTS) is 1. The number of halogens is 1.